The third kappa shape index (κ3) is 3.83. The Morgan fingerprint density at radius 3 is 2.69 bits per heavy atom. The van der Waals surface area contributed by atoms with Gasteiger partial charge in [-0.3, -0.25) is 0 Å². The van der Waals surface area contributed by atoms with Gasteiger partial charge in [0.25, 0.3) is 0 Å². The lowest BCUT2D eigenvalue weighted by Crippen LogP contribution is -2.24. The Morgan fingerprint density at radius 1 is 1.38 bits per heavy atom. The lowest BCUT2D eigenvalue weighted by molar-refractivity contribution is 0.0727. The first kappa shape index (κ1) is 13.6. The van der Waals surface area contributed by atoms with Crippen LogP contribution in [0, 0.1) is 6.92 Å². The Morgan fingerprint density at radius 2 is 2.06 bits per heavy atom. The van der Waals surface area contributed by atoms with E-state index in [9.17, 15) is 5.11 Å². The number of aryl methyl sites for hydroxylation is 1. The second-order valence-corrected chi connectivity index (χ2v) is 4.39. The Labute approximate surface area is 105 Å². The molecule has 0 aliphatic carbocycles. The molecule has 1 aromatic rings. The monoisotopic (exact) mass is 263 g/mol. The molecule has 0 saturated heterocycles. The molecule has 3 nitrogen and oxygen atoms in total. The highest BCUT2D eigenvalue weighted by molar-refractivity contribution is 6.35. The van der Waals surface area contributed by atoms with Crippen molar-refractivity contribution in [3.63, 3.8) is 0 Å². The van der Waals surface area contributed by atoms with Crippen LogP contribution in [0.2, 0.25) is 10.0 Å². The minimum Gasteiger partial charge on any atom is -0.389 e. The molecule has 5 heteroatoms. The highest BCUT2D eigenvalue weighted by atomic mass is 35.5. The van der Waals surface area contributed by atoms with Crippen LogP contribution in [0.4, 0.5) is 5.69 Å². The number of rotatable bonds is 5. The van der Waals surface area contributed by atoms with Crippen LogP contribution in [0.3, 0.4) is 0 Å². The van der Waals surface area contributed by atoms with Gasteiger partial charge in [0.2, 0.25) is 0 Å². The van der Waals surface area contributed by atoms with Crippen molar-refractivity contribution in [2.24, 2.45) is 0 Å². The van der Waals surface area contributed by atoms with Crippen molar-refractivity contribution in [1.29, 1.82) is 0 Å². The fourth-order valence-electron chi connectivity index (χ4n) is 1.26. The lowest BCUT2D eigenvalue weighted by atomic mass is 10.2. The summed E-state index contributed by atoms with van der Waals surface area (Å²) >= 11 is 12.0. The summed E-state index contributed by atoms with van der Waals surface area (Å²) in [5, 5.41) is 13.7. The third-order valence-corrected chi connectivity index (χ3v) is 2.86. The first-order valence-electron chi connectivity index (χ1n) is 4.91. The first-order chi connectivity index (χ1) is 7.54. The summed E-state index contributed by atoms with van der Waals surface area (Å²) in [5.74, 6) is 0. The summed E-state index contributed by atoms with van der Waals surface area (Å²) < 4.78 is 4.82. The number of hydrogen-bond donors (Lipinski definition) is 2. The minimum atomic E-state index is -0.568. The fraction of sp³-hybridized carbons (Fsp3) is 0.455. The Hall–Kier alpha value is -0.480. The zero-order valence-electron chi connectivity index (χ0n) is 9.26. The van der Waals surface area contributed by atoms with Gasteiger partial charge < -0.3 is 15.2 Å². The van der Waals surface area contributed by atoms with E-state index < -0.39 is 6.10 Å². The summed E-state index contributed by atoms with van der Waals surface area (Å²) in [7, 11) is 1.54. The fourth-order valence-corrected chi connectivity index (χ4v) is 1.71. The van der Waals surface area contributed by atoms with E-state index in [-0.39, 0.29) is 6.61 Å². The second-order valence-electron chi connectivity index (χ2n) is 3.57. The van der Waals surface area contributed by atoms with Gasteiger partial charge in [-0.25, -0.2) is 0 Å². The predicted molar refractivity (Wildman–Crippen MR) is 67.6 cm³/mol. The number of anilines is 1. The molecule has 0 aromatic heterocycles. The number of methoxy groups -OCH3 is 1. The number of ether oxygens (including phenoxy) is 1. The highest BCUT2D eigenvalue weighted by Crippen LogP contribution is 2.28. The van der Waals surface area contributed by atoms with Crippen LogP contribution in [0.1, 0.15) is 5.56 Å². The zero-order chi connectivity index (χ0) is 12.1. The van der Waals surface area contributed by atoms with Gasteiger partial charge in [0.15, 0.2) is 0 Å². The molecule has 1 atom stereocenters. The van der Waals surface area contributed by atoms with E-state index in [4.69, 9.17) is 27.9 Å². The number of halogens is 2. The van der Waals surface area contributed by atoms with E-state index in [1.807, 2.05) is 6.92 Å². The molecule has 0 radical (unpaired) electrons. The second kappa shape index (κ2) is 6.30. The van der Waals surface area contributed by atoms with Crippen LogP contribution in [-0.4, -0.2) is 31.5 Å². The van der Waals surface area contributed by atoms with Crippen LogP contribution in [0.25, 0.3) is 0 Å². The van der Waals surface area contributed by atoms with E-state index >= 15 is 0 Å². The Bertz CT molecular complexity index is 358. The molecule has 0 saturated carbocycles. The molecule has 2 N–H and O–H groups in total. The molecular weight excluding hydrogens is 249 g/mol. The van der Waals surface area contributed by atoms with Crippen LogP contribution in [0.15, 0.2) is 12.1 Å². The van der Waals surface area contributed by atoms with Gasteiger partial charge in [-0.2, -0.15) is 0 Å². The van der Waals surface area contributed by atoms with Gasteiger partial charge in [0.1, 0.15) is 0 Å². The number of nitrogens with one attached hydrogen (secondary N) is 1. The van der Waals surface area contributed by atoms with Crippen molar-refractivity contribution < 1.29 is 9.84 Å². The van der Waals surface area contributed by atoms with E-state index in [1.54, 1.807) is 19.2 Å². The van der Waals surface area contributed by atoms with E-state index in [1.165, 1.54) is 0 Å². The van der Waals surface area contributed by atoms with Crippen molar-refractivity contribution in [2.75, 3.05) is 25.6 Å². The Kier molecular flexibility index (Phi) is 5.35. The lowest BCUT2D eigenvalue weighted by Gasteiger charge is -2.13. The topological polar surface area (TPSA) is 41.5 Å². The number of aliphatic hydroxyl groups excluding tert-OH is 1. The molecule has 1 aromatic carbocycles. The zero-order valence-corrected chi connectivity index (χ0v) is 10.8. The van der Waals surface area contributed by atoms with Gasteiger partial charge >= 0.3 is 0 Å². The van der Waals surface area contributed by atoms with E-state index in [0.29, 0.717) is 22.3 Å². The standard InChI is InChI=1S/C11H15Cl2NO2/c1-7-3-10(13)11(4-9(7)12)14-5-8(15)6-16-2/h3-4,8,14-15H,5-6H2,1-2H3. The summed E-state index contributed by atoms with van der Waals surface area (Å²) in [6.07, 6.45) is -0.568. The highest BCUT2D eigenvalue weighted by Gasteiger charge is 2.07. The quantitative estimate of drug-likeness (QED) is 0.859. The van der Waals surface area contributed by atoms with Crippen molar-refractivity contribution in [1.82, 2.24) is 0 Å². The van der Waals surface area contributed by atoms with Crippen molar-refractivity contribution in [3.8, 4) is 0 Å². The molecule has 16 heavy (non-hydrogen) atoms. The van der Waals surface area contributed by atoms with E-state index in [0.717, 1.165) is 5.56 Å². The van der Waals surface area contributed by atoms with Crippen LogP contribution in [-0.2, 0) is 4.74 Å². The maximum atomic E-state index is 9.46. The number of hydrogen-bond acceptors (Lipinski definition) is 3. The molecule has 0 aliphatic rings. The number of aliphatic hydroxyl groups is 1. The molecular formula is C11H15Cl2NO2. The van der Waals surface area contributed by atoms with E-state index in [2.05, 4.69) is 5.32 Å². The van der Waals surface area contributed by atoms with Crippen molar-refractivity contribution in [2.45, 2.75) is 13.0 Å². The van der Waals surface area contributed by atoms with Crippen LogP contribution in [0.5, 0.6) is 0 Å². The molecule has 90 valence electrons. The van der Waals surface area contributed by atoms with Gasteiger partial charge in [-0.05, 0) is 24.6 Å². The molecule has 0 bridgehead atoms. The maximum absolute atomic E-state index is 9.46. The summed E-state index contributed by atoms with van der Waals surface area (Å²) in [6.45, 7) is 2.54. The molecule has 0 heterocycles. The largest absolute Gasteiger partial charge is 0.389 e. The average Bonchev–Trinajstić information content (AvgIpc) is 2.22. The van der Waals surface area contributed by atoms with Crippen LogP contribution < -0.4 is 5.32 Å². The summed E-state index contributed by atoms with van der Waals surface area (Å²) in [5.41, 5.74) is 1.64. The Balaban J connectivity index is 2.63. The average molecular weight is 264 g/mol. The van der Waals surface area contributed by atoms with Gasteiger partial charge in [0.05, 0.1) is 23.4 Å². The SMILES string of the molecule is COCC(O)CNc1cc(Cl)c(C)cc1Cl. The number of benzene rings is 1. The van der Waals surface area contributed by atoms with Gasteiger partial charge in [0, 0.05) is 18.7 Å². The normalized spacial score (nSPS) is 12.6. The van der Waals surface area contributed by atoms with Gasteiger partial charge in [-0.1, -0.05) is 23.2 Å². The summed E-state index contributed by atoms with van der Waals surface area (Å²) in [6, 6.07) is 3.54. The molecule has 0 fully saturated rings. The first-order valence-corrected chi connectivity index (χ1v) is 5.66. The smallest absolute Gasteiger partial charge is 0.0945 e. The van der Waals surface area contributed by atoms with Gasteiger partial charge in [-0.15, -0.1) is 0 Å². The molecule has 0 aliphatic heterocycles. The summed E-state index contributed by atoms with van der Waals surface area (Å²) in [4.78, 5) is 0. The third-order valence-electron chi connectivity index (χ3n) is 2.14. The van der Waals surface area contributed by atoms with Crippen LogP contribution >= 0.6 is 23.2 Å². The maximum Gasteiger partial charge on any atom is 0.0945 e. The van der Waals surface area contributed by atoms with Crippen molar-refractivity contribution >= 4 is 28.9 Å². The molecule has 0 amide bonds. The molecule has 0 spiro atoms. The molecule has 1 unspecified atom stereocenters. The predicted octanol–water partition coefficient (Wildman–Crippen LogP) is 2.72. The van der Waals surface area contributed by atoms with Crippen molar-refractivity contribution in [3.05, 3.63) is 27.7 Å². The minimum absolute atomic E-state index is 0.282. The molecule has 1 rings (SSSR count).